The predicted molar refractivity (Wildman–Crippen MR) is 78.8 cm³/mol. The van der Waals surface area contributed by atoms with Gasteiger partial charge in [-0.3, -0.25) is 4.79 Å². The first-order valence-corrected chi connectivity index (χ1v) is 7.69. The number of nitrogens with one attached hydrogen (secondary N) is 2. The summed E-state index contributed by atoms with van der Waals surface area (Å²) in [5.41, 5.74) is 1.56. The van der Waals surface area contributed by atoms with Crippen LogP contribution in [0.15, 0.2) is 29.8 Å². The van der Waals surface area contributed by atoms with Crippen LogP contribution in [0.1, 0.15) is 39.8 Å². The van der Waals surface area contributed by atoms with E-state index in [2.05, 4.69) is 10.3 Å². The van der Waals surface area contributed by atoms with Crippen molar-refractivity contribution in [1.29, 1.82) is 0 Å². The van der Waals surface area contributed by atoms with E-state index in [0.717, 1.165) is 23.4 Å². The van der Waals surface area contributed by atoms with Gasteiger partial charge in [-0.05, 0) is 43.2 Å². The van der Waals surface area contributed by atoms with Gasteiger partial charge in [-0.1, -0.05) is 6.07 Å². The Morgan fingerprint density at radius 1 is 1.50 bits per heavy atom. The Morgan fingerprint density at radius 2 is 2.30 bits per heavy atom. The van der Waals surface area contributed by atoms with Gasteiger partial charge in [0.2, 0.25) is 0 Å². The fourth-order valence-corrected chi connectivity index (χ4v) is 3.58. The van der Waals surface area contributed by atoms with Gasteiger partial charge < -0.3 is 15.4 Å². The van der Waals surface area contributed by atoms with Gasteiger partial charge in [-0.25, -0.2) is 0 Å². The van der Waals surface area contributed by atoms with E-state index in [-0.39, 0.29) is 18.1 Å². The number of thiophene rings is 1. The van der Waals surface area contributed by atoms with E-state index >= 15 is 0 Å². The normalized spacial score (nSPS) is 23.1. The van der Waals surface area contributed by atoms with Crippen molar-refractivity contribution in [1.82, 2.24) is 10.3 Å². The summed E-state index contributed by atoms with van der Waals surface area (Å²) in [4.78, 5) is 16.5. The highest BCUT2D eigenvalue weighted by atomic mass is 32.1. The highest BCUT2D eigenvalue weighted by Gasteiger charge is 2.36. The third kappa shape index (κ3) is 2.51. The van der Waals surface area contributed by atoms with Crippen molar-refractivity contribution in [2.24, 2.45) is 5.92 Å². The van der Waals surface area contributed by atoms with Gasteiger partial charge in [-0.2, -0.15) is 0 Å². The predicted octanol–water partition coefficient (Wildman–Crippen LogP) is 2.63. The van der Waals surface area contributed by atoms with Crippen molar-refractivity contribution in [3.05, 3.63) is 45.9 Å². The zero-order valence-corrected chi connectivity index (χ0v) is 12.1. The number of carbonyl (C=O) groups is 1. The summed E-state index contributed by atoms with van der Waals surface area (Å²) in [6, 6.07) is 5.84. The largest absolute Gasteiger partial charge is 0.393 e. The van der Waals surface area contributed by atoms with Crippen molar-refractivity contribution in [3.63, 3.8) is 0 Å². The Labute approximate surface area is 121 Å². The molecule has 2 aromatic rings. The van der Waals surface area contributed by atoms with Crippen molar-refractivity contribution >= 4 is 17.2 Å². The van der Waals surface area contributed by atoms with Gasteiger partial charge in [0.1, 0.15) is 0 Å². The molecule has 3 N–H and O–H groups in total. The monoisotopic (exact) mass is 290 g/mol. The fraction of sp³-hybridized carbons (Fsp3) is 0.400. The summed E-state index contributed by atoms with van der Waals surface area (Å²) >= 11 is 1.65. The molecule has 1 fully saturated rings. The average Bonchev–Trinajstić information content (AvgIpc) is 3.03. The quantitative estimate of drug-likeness (QED) is 0.810. The van der Waals surface area contributed by atoms with Crippen LogP contribution in [0.2, 0.25) is 0 Å². The Hall–Kier alpha value is -1.59. The molecule has 0 saturated heterocycles. The first-order valence-electron chi connectivity index (χ1n) is 6.81. The van der Waals surface area contributed by atoms with E-state index in [0.29, 0.717) is 11.5 Å². The molecule has 0 aliphatic heterocycles. The highest BCUT2D eigenvalue weighted by molar-refractivity contribution is 7.10. The summed E-state index contributed by atoms with van der Waals surface area (Å²) < 4.78 is 0. The molecular weight excluding hydrogens is 272 g/mol. The lowest BCUT2D eigenvalue weighted by molar-refractivity contribution is 0.0241. The second-order valence-electron chi connectivity index (χ2n) is 5.37. The van der Waals surface area contributed by atoms with Gasteiger partial charge in [-0.15, -0.1) is 11.3 Å². The van der Waals surface area contributed by atoms with Crippen LogP contribution in [0.25, 0.3) is 0 Å². The van der Waals surface area contributed by atoms with Crippen LogP contribution in [0.5, 0.6) is 0 Å². The molecule has 5 heteroatoms. The zero-order valence-electron chi connectivity index (χ0n) is 11.3. The van der Waals surface area contributed by atoms with E-state index < -0.39 is 0 Å². The number of amides is 1. The lowest BCUT2D eigenvalue weighted by atomic mass is 9.76. The van der Waals surface area contributed by atoms with Crippen LogP contribution >= 0.6 is 11.3 Å². The average molecular weight is 290 g/mol. The smallest absolute Gasteiger partial charge is 0.253 e. The lowest BCUT2D eigenvalue weighted by Gasteiger charge is -2.37. The standard InChI is InChI=1S/C15H18N2O2S/c1-9-12(4-5-16-9)15(19)17-14(10-7-11(18)8-10)13-3-2-6-20-13/h2-6,10-11,14,16,18H,7-8H2,1H3,(H,17,19)/t10?,11?,14-/m1/s1. The summed E-state index contributed by atoms with van der Waals surface area (Å²) in [5, 5.41) is 14.7. The maximum atomic E-state index is 12.4. The zero-order chi connectivity index (χ0) is 14.1. The maximum Gasteiger partial charge on any atom is 0.253 e. The molecule has 2 aromatic heterocycles. The molecule has 1 atom stereocenters. The summed E-state index contributed by atoms with van der Waals surface area (Å²) in [6.45, 7) is 1.89. The molecule has 1 saturated carbocycles. The number of aromatic amines is 1. The highest BCUT2D eigenvalue weighted by Crippen LogP contribution is 2.39. The molecule has 0 radical (unpaired) electrons. The van der Waals surface area contributed by atoms with E-state index in [1.165, 1.54) is 0 Å². The van der Waals surface area contributed by atoms with Crippen LogP contribution in [0.4, 0.5) is 0 Å². The van der Waals surface area contributed by atoms with Gasteiger partial charge in [0, 0.05) is 16.8 Å². The number of carbonyl (C=O) groups excluding carboxylic acids is 1. The molecule has 0 spiro atoms. The van der Waals surface area contributed by atoms with Crippen LogP contribution in [-0.2, 0) is 0 Å². The van der Waals surface area contributed by atoms with Gasteiger partial charge in [0.05, 0.1) is 17.7 Å². The molecule has 1 amide bonds. The molecule has 4 nitrogen and oxygen atoms in total. The first kappa shape index (κ1) is 13.4. The Morgan fingerprint density at radius 3 is 2.85 bits per heavy atom. The van der Waals surface area contributed by atoms with Crippen molar-refractivity contribution < 1.29 is 9.90 Å². The number of hydrogen-bond donors (Lipinski definition) is 3. The molecule has 20 heavy (non-hydrogen) atoms. The van der Waals surface area contributed by atoms with Crippen LogP contribution in [0.3, 0.4) is 0 Å². The second-order valence-corrected chi connectivity index (χ2v) is 6.35. The lowest BCUT2D eigenvalue weighted by Crippen LogP contribution is -2.41. The molecule has 1 aliphatic carbocycles. The van der Waals surface area contributed by atoms with Crippen molar-refractivity contribution in [3.8, 4) is 0 Å². The number of H-pyrrole nitrogens is 1. The number of aliphatic hydroxyl groups excluding tert-OH is 1. The number of aryl methyl sites for hydroxylation is 1. The summed E-state index contributed by atoms with van der Waals surface area (Å²) in [5.74, 6) is 0.274. The minimum absolute atomic E-state index is 0.000185. The summed E-state index contributed by atoms with van der Waals surface area (Å²) in [6.07, 6.45) is 3.08. The summed E-state index contributed by atoms with van der Waals surface area (Å²) in [7, 11) is 0. The Balaban J connectivity index is 1.77. The number of rotatable bonds is 4. The molecule has 0 bridgehead atoms. The first-order chi connectivity index (χ1) is 9.65. The van der Waals surface area contributed by atoms with Crippen molar-refractivity contribution in [2.45, 2.75) is 31.9 Å². The van der Waals surface area contributed by atoms with Gasteiger partial charge in [0.25, 0.3) is 5.91 Å². The number of aromatic nitrogens is 1. The van der Waals surface area contributed by atoms with Crippen LogP contribution < -0.4 is 5.32 Å². The van der Waals surface area contributed by atoms with Crippen LogP contribution in [0, 0.1) is 12.8 Å². The number of hydrogen-bond acceptors (Lipinski definition) is 3. The topological polar surface area (TPSA) is 65.1 Å². The van der Waals surface area contributed by atoms with E-state index in [1.54, 1.807) is 23.6 Å². The third-order valence-electron chi connectivity index (χ3n) is 3.96. The fourth-order valence-electron chi connectivity index (χ4n) is 2.71. The minimum Gasteiger partial charge on any atom is -0.393 e. The SMILES string of the molecule is Cc1[nH]ccc1C(=O)N[C@@H](c1cccs1)C1CC(O)C1. The molecular formula is C15H18N2O2S. The molecule has 2 heterocycles. The van der Waals surface area contributed by atoms with Gasteiger partial charge in [0.15, 0.2) is 0 Å². The third-order valence-corrected chi connectivity index (χ3v) is 4.91. The molecule has 1 aliphatic rings. The number of aliphatic hydroxyl groups is 1. The van der Waals surface area contributed by atoms with Gasteiger partial charge >= 0.3 is 0 Å². The van der Waals surface area contributed by atoms with Crippen LogP contribution in [-0.4, -0.2) is 22.1 Å². The molecule has 0 aromatic carbocycles. The minimum atomic E-state index is -0.214. The van der Waals surface area contributed by atoms with E-state index in [9.17, 15) is 9.90 Å². The Bertz CT molecular complexity index is 585. The van der Waals surface area contributed by atoms with Crippen molar-refractivity contribution in [2.75, 3.05) is 0 Å². The molecule has 106 valence electrons. The molecule has 0 unspecified atom stereocenters. The maximum absolute atomic E-state index is 12.4. The second kappa shape index (κ2) is 5.42. The Kier molecular flexibility index (Phi) is 3.63. The molecule has 3 rings (SSSR count). The van der Waals surface area contributed by atoms with E-state index in [1.807, 2.05) is 24.4 Å². The van der Waals surface area contributed by atoms with E-state index in [4.69, 9.17) is 0 Å².